The number of rotatable bonds is 1. The summed E-state index contributed by atoms with van der Waals surface area (Å²) in [5.74, 6) is 0.450. The first-order chi connectivity index (χ1) is 7.86. The molecule has 0 saturated heterocycles. The fraction of sp³-hybridized carbons (Fsp3) is 0.200. The van der Waals surface area contributed by atoms with Crippen LogP contribution >= 0.6 is 0 Å². The maximum Gasteiger partial charge on any atom is 0.129 e. The van der Waals surface area contributed by atoms with Gasteiger partial charge < -0.3 is 4.74 Å². The molecule has 80 valence electrons. The minimum atomic E-state index is 0.172. The molecule has 1 aliphatic rings. The molecular formula is C15H14O. The third kappa shape index (κ3) is 1.40. The van der Waals surface area contributed by atoms with Gasteiger partial charge in [0.1, 0.15) is 6.10 Å². The summed E-state index contributed by atoms with van der Waals surface area (Å²) in [5, 5.41) is 2.58. The molecule has 0 bridgehead atoms. The molecule has 2 aromatic rings. The third-order valence-electron chi connectivity index (χ3n) is 3.21. The maximum absolute atomic E-state index is 5.68. The van der Waals surface area contributed by atoms with Crippen molar-refractivity contribution in [1.29, 1.82) is 0 Å². The maximum atomic E-state index is 5.68. The van der Waals surface area contributed by atoms with Crippen molar-refractivity contribution in [1.82, 2.24) is 0 Å². The molecule has 2 atom stereocenters. The Kier molecular flexibility index (Phi) is 2.17. The number of ether oxygens (including phenoxy) is 1. The van der Waals surface area contributed by atoms with E-state index in [-0.39, 0.29) is 6.10 Å². The fourth-order valence-electron chi connectivity index (χ4n) is 2.33. The average Bonchev–Trinajstić information content (AvgIpc) is 2.75. The molecule has 0 spiro atoms. The topological polar surface area (TPSA) is 9.23 Å². The molecule has 0 saturated carbocycles. The Hall–Kier alpha value is -1.76. The van der Waals surface area contributed by atoms with Gasteiger partial charge in [0.05, 0.1) is 6.26 Å². The molecule has 1 aliphatic heterocycles. The second-order valence-electron chi connectivity index (χ2n) is 4.31. The van der Waals surface area contributed by atoms with Crippen LogP contribution in [0.4, 0.5) is 0 Å². The van der Waals surface area contributed by atoms with Crippen molar-refractivity contribution in [3.8, 4) is 0 Å². The predicted octanol–water partition coefficient (Wildman–Crippen LogP) is 4.06. The van der Waals surface area contributed by atoms with Crippen molar-refractivity contribution in [3.05, 3.63) is 60.4 Å². The molecule has 0 aliphatic carbocycles. The van der Waals surface area contributed by atoms with Crippen LogP contribution in [0.15, 0.2) is 54.8 Å². The normalized spacial score (nSPS) is 23.6. The van der Waals surface area contributed by atoms with E-state index in [9.17, 15) is 0 Å². The SMILES string of the molecule is C[C@@H]1C=CO[C@H]1c1cccc2ccccc12. The fourth-order valence-corrected chi connectivity index (χ4v) is 2.33. The van der Waals surface area contributed by atoms with Gasteiger partial charge in [-0.2, -0.15) is 0 Å². The lowest BCUT2D eigenvalue weighted by atomic mass is 9.94. The Morgan fingerprint density at radius 1 is 1.00 bits per heavy atom. The molecule has 0 fully saturated rings. The number of hydrogen-bond donors (Lipinski definition) is 0. The van der Waals surface area contributed by atoms with Gasteiger partial charge in [0.25, 0.3) is 0 Å². The Balaban J connectivity index is 2.16. The van der Waals surface area contributed by atoms with Crippen molar-refractivity contribution in [3.63, 3.8) is 0 Å². The molecule has 1 heteroatoms. The highest BCUT2D eigenvalue weighted by Gasteiger charge is 2.23. The van der Waals surface area contributed by atoms with Gasteiger partial charge in [0.15, 0.2) is 0 Å². The zero-order valence-electron chi connectivity index (χ0n) is 9.26. The smallest absolute Gasteiger partial charge is 0.129 e. The van der Waals surface area contributed by atoms with Crippen molar-refractivity contribution in [2.24, 2.45) is 5.92 Å². The Morgan fingerprint density at radius 3 is 2.62 bits per heavy atom. The lowest BCUT2D eigenvalue weighted by Crippen LogP contribution is -2.04. The summed E-state index contributed by atoms with van der Waals surface area (Å²) >= 11 is 0. The monoisotopic (exact) mass is 210 g/mol. The number of benzene rings is 2. The molecule has 16 heavy (non-hydrogen) atoms. The van der Waals surface area contributed by atoms with Crippen molar-refractivity contribution >= 4 is 10.8 Å². The molecule has 2 aromatic carbocycles. The summed E-state index contributed by atoms with van der Waals surface area (Å²) < 4.78 is 5.68. The van der Waals surface area contributed by atoms with Gasteiger partial charge in [-0.05, 0) is 16.8 Å². The van der Waals surface area contributed by atoms with Gasteiger partial charge >= 0.3 is 0 Å². The van der Waals surface area contributed by atoms with E-state index in [1.807, 2.05) is 6.26 Å². The Labute approximate surface area is 95.4 Å². The second kappa shape index (κ2) is 3.67. The first kappa shape index (κ1) is 9.46. The van der Waals surface area contributed by atoms with Crippen LogP contribution < -0.4 is 0 Å². The van der Waals surface area contributed by atoms with E-state index < -0.39 is 0 Å². The lowest BCUT2D eigenvalue weighted by Gasteiger charge is -2.17. The summed E-state index contributed by atoms with van der Waals surface area (Å²) in [6.07, 6.45) is 4.11. The molecule has 0 amide bonds. The summed E-state index contributed by atoms with van der Waals surface area (Å²) in [6, 6.07) is 14.9. The van der Waals surface area contributed by atoms with Crippen LogP contribution in [0.2, 0.25) is 0 Å². The van der Waals surface area contributed by atoms with Gasteiger partial charge in [-0.25, -0.2) is 0 Å². The minimum absolute atomic E-state index is 0.172. The molecule has 0 unspecified atom stereocenters. The quantitative estimate of drug-likeness (QED) is 0.689. The highest BCUT2D eigenvalue weighted by atomic mass is 16.5. The van der Waals surface area contributed by atoms with Crippen LogP contribution in [0.3, 0.4) is 0 Å². The minimum Gasteiger partial charge on any atom is -0.493 e. The van der Waals surface area contributed by atoms with Crippen LogP contribution in [0.25, 0.3) is 10.8 Å². The predicted molar refractivity (Wildman–Crippen MR) is 66.1 cm³/mol. The standard InChI is InChI=1S/C15H14O/c1-11-9-10-16-15(11)14-8-4-6-12-5-2-3-7-13(12)14/h2-11,15H,1H3/t11-,15-/m1/s1. The van der Waals surface area contributed by atoms with Gasteiger partial charge in [0.2, 0.25) is 0 Å². The van der Waals surface area contributed by atoms with E-state index >= 15 is 0 Å². The molecular weight excluding hydrogens is 196 g/mol. The molecule has 3 rings (SSSR count). The molecule has 1 heterocycles. The zero-order valence-corrected chi connectivity index (χ0v) is 9.26. The van der Waals surface area contributed by atoms with Crippen LogP contribution in [-0.4, -0.2) is 0 Å². The van der Waals surface area contributed by atoms with Crippen LogP contribution in [0, 0.1) is 5.92 Å². The summed E-state index contributed by atoms with van der Waals surface area (Å²) in [4.78, 5) is 0. The third-order valence-corrected chi connectivity index (χ3v) is 3.21. The molecule has 1 nitrogen and oxygen atoms in total. The lowest BCUT2D eigenvalue weighted by molar-refractivity contribution is 0.144. The van der Waals surface area contributed by atoms with E-state index in [0.29, 0.717) is 5.92 Å². The van der Waals surface area contributed by atoms with E-state index in [1.54, 1.807) is 0 Å². The van der Waals surface area contributed by atoms with E-state index in [4.69, 9.17) is 4.74 Å². The Morgan fingerprint density at radius 2 is 1.81 bits per heavy atom. The van der Waals surface area contributed by atoms with Crippen molar-refractivity contribution < 1.29 is 4.74 Å². The summed E-state index contributed by atoms with van der Waals surface area (Å²) in [5.41, 5.74) is 1.29. The van der Waals surface area contributed by atoms with Crippen molar-refractivity contribution in [2.75, 3.05) is 0 Å². The van der Waals surface area contributed by atoms with E-state index in [0.717, 1.165) is 0 Å². The van der Waals surface area contributed by atoms with Crippen LogP contribution in [0.1, 0.15) is 18.6 Å². The van der Waals surface area contributed by atoms with Gasteiger partial charge in [-0.15, -0.1) is 0 Å². The van der Waals surface area contributed by atoms with E-state index in [1.165, 1.54) is 16.3 Å². The Bertz CT molecular complexity index is 537. The van der Waals surface area contributed by atoms with E-state index in [2.05, 4.69) is 55.5 Å². The zero-order chi connectivity index (χ0) is 11.0. The van der Waals surface area contributed by atoms with Gasteiger partial charge in [-0.1, -0.05) is 49.4 Å². The van der Waals surface area contributed by atoms with Gasteiger partial charge in [-0.3, -0.25) is 0 Å². The number of fused-ring (bicyclic) bond motifs is 1. The first-order valence-corrected chi connectivity index (χ1v) is 5.66. The molecule has 0 radical (unpaired) electrons. The highest BCUT2D eigenvalue weighted by Crippen LogP contribution is 2.35. The van der Waals surface area contributed by atoms with Crippen LogP contribution in [-0.2, 0) is 4.74 Å². The highest BCUT2D eigenvalue weighted by molar-refractivity contribution is 5.86. The summed E-state index contributed by atoms with van der Waals surface area (Å²) in [6.45, 7) is 2.19. The average molecular weight is 210 g/mol. The first-order valence-electron chi connectivity index (χ1n) is 5.66. The molecule has 0 N–H and O–H groups in total. The van der Waals surface area contributed by atoms with Gasteiger partial charge in [0, 0.05) is 11.5 Å². The van der Waals surface area contributed by atoms with Crippen molar-refractivity contribution in [2.45, 2.75) is 13.0 Å². The van der Waals surface area contributed by atoms with Crippen LogP contribution in [0.5, 0.6) is 0 Å². The summed E-state index contributed by atoms with van der Waals surface area (Å²) in [7, 11) is 0. The number of hydrogen-bond acceptors (Lipinski definition) is 1. The second-order valence-corrected chi connectivity index (χ2v) is 4.31. The largest absolute Gasteiger partial charge is 0.493 e. The molecule has 0 aromatic heterocycles.